The van der Waals surface area contributed by atoms with Crippen LogP contribution in [0.4, 0.5) is 0 Å². The van der Waals surface area contributed by atoms with Gasteiger partial charge in [-0.1, -0.05) is 23.5 Å². The maximum absolute atomic E-state index is 11.0. The van der Waals surface area contributed by atoms with E-state index in [2.05, 4.69) is 10.3 Å². The number of aromatic nitrogens is 1. The fourth-order valence-corrected chi connectivity index (χ4v) is 2.30. The Morgan fingerprint density at radius 1 is 1.42 bits per heavy atom. The summed E-state index contributed by atoms with van der Waals surface area (Å²) < 4.78 is 5.32. The van der Waals surface area contributed by atoms with E-state index in [1.165, 1.54) is 0 Å². The number of hydrogen-bond donors (Lipinski definition) is 3. The van der Waals surface area contributed by atoms with Gasteiger partial charge in [-0.15, -0.1) is 0 Å². The highest BCUT2D eigenvalue weighted by atomic mass is 32.1. The molecular weight excluding hydrogens is 264 g/mol. The first-order chi connectivity index (χ1) is 9.20. The number of phenolic OH excluding ortho intramolecular Hbond substituents is 1. The summed E-state index contributed by atoms with van der Waals surface area (Å²) >= 11 is 1.14. The van der Waals surface area contributed by atoms with Crippen molar-refractivity contribution in [3.8, 4) is 11.5 Å². The van der Waals surface area contributed by atoms with E-state index >= 15 is 0 Å². The van der Waals surface area contributed by atoms with E-state index in [0.717, 1.165) is 22.6 Å². The zero-order valence-electron chi connectivity index (χ0n) is 10.6. The second-order valence-electron chi connectivity index (χ2n) is 3.97. The van der Waals surface area contributed by atoms with E-state index < -0.39 is 0 Å². The van der Waals surface area contributed by atoms with Gasteiger partial charge in [0, 0.05) is 29.7 Å². The van der Waals surface area contributed by atoms with Crippen LogP contribution in [0.25, 0.3) is 0 Å². The second-order valence-corrected chi connectivity index (χ2v) is 4.82. The maximum Gasteiger partial charge on any atom is 0.304 e. The Morgan fingerprint density at radius 3 is 2.95 bits per heavy atom. The molecular formula is C13H16N2O3S. The molecule has 0 unspecified atom stereocenters. The van der Waals surface area contributed by atoms with Gasteiger partial charge in [0.2, 0.25) is 0 Å². The van der Waals surface area contributed by atoms with Crippen LogP contribution in [0.2, 0.25) is 0 Å². The average Bonchev–Trinajstić information content (AvgIpc) is 2.80. The Labute approximate surface area is 114 Å². The van der Waals surface area contributed by atoms with Crippen molar-refractivity contribution >= 4 is 11.3 Å². The third-order valence-corrected chi connectivity index (χ3v) is 3.30. The first-order valence-corrected chi connectivity index (χ1v) is 6.89. The zero-order chi connectivity index (χ0) is 13.7. The van der Waals surface area contributed by atoms with E-state index in [0.29, 0.717) is 25.4 Å². The molecule has 19 heavy (non-hydrogen) atoms. The zero-order valence-corrected chi connectivity index (χ0v) is 11.4. The monoisotopic (exact) mass is 280 g/mol. The smallest absolute Gasteiger partial charge is 0.304 e. The normalized spacial score (nSPS) is 10.6. The van der Waals surface area contributed by atoms with Crippen LogP contribution in [0, 0.1) is 0 Å². The Hall–Kier alpha value is -1.79. The quantitative estimate of drug-likeness (QED) is 0.754. The van der Waals surface area contributed by atoms with Gasteiger partial charge in [-0.2, -0.15) is 0 Å². The van der Waals surface area contributed by atoms with Crippen molar-refractivity contribution in [2.45, 2.75) is 20.0 Å². The summed E-state index contributed by atoms with van der Waals surface area (Å²) in [6.45, 7) is 3.44. The summed E-state index contributed by atoms with van der Waals surface area (Å²) in [5.74, 6) is 0.654. The highest BCUT2D eigenvalue weighted by molar-refractivity contribution is 7.07. The van der Waals surface area contributed by atoms with Crippen molar-refractivity contribution in [2.75, 3.05) is 6.61 Å². The SMILES string of the molecule is CCOc1cccc(CNCc2csc(=O)[nH]2)c1O. The number of para-hydroxylation sites is 1. The van der Waals surface area contributed by atoms with Crippen molar-refractivity contribution in [1.82, 2.24) is 10.3 Å². The van der Waals surface area contributed by atoms with Crippen LogP contribution >= 0.6 is 11.3 Å². The molecule has 6 heteroatoms. The van der Waals surface area contributed by atoms with E-state index in [4.69, 9.17) is 4.74 Å². The summed E-state index contributed by atoms with van der Waals surface area (Å²) in [5, 5.41) is 14.9. The molecule has 3 N–H and O–H groups in total. The molecule has 0 aliphatic rings. The van der Waals surface area contributed by atoms with Crippen molar-refractivity contribution in [1.29, 1.82) is 0 Å². The molecule has 0 fully saturated rings. The van der Waals surface area contributed by atoms with E-state index in [1.807, 2.05) is 19.1 Å². The van der Waals surface area contributed by atoms with Gasteiger partial charge in [0.15, 0.2) is 11.5 Å². The number of phenols is 1. The van der Waals surface area contributed by atoms with Gasteiger partial charge in [-0.25, -0.2) is 0 Å². The minimum Gasteiger partial charge on any atom is -0.504 e. The van der Waals surface area contributed by atoms with E-state index in [9.17, 15) is 9.90 Å². The fraction of sp³-hybridized carbons (Fsp3) is 0.308. The topological polar surface area (TPSA) is 74.3 Å². The average molecular weight is 280 g/mol. The number of aromatic hydroxyl groups is 1. The molecule has 2 rings (SSSR count). The molecule has 0 aliphatic carbocycles. The van der Waals surface area contributed by atoms with Gasteiger partial charge >= 0.3 is 4.87 Å². The Morgan fingerprint density at radius 2 is 2.26 bits per heavy atom. The number of ether oxygens (including phenoxy) is 1. The number of H-pyrrole nitrogens is 1. The lowest BCUT2D eigenvalue weighted by Gasteiger charge is -2.10. The van der Waals surface area contributed by atoms with Crippen molar-refractivity contribution < 1.29 is 9.84 Å². The molecule has 0 radical (unpaired) electrons. The summed E-state index contributed by atoms with van der Waals surface area (Å²) in [5.41, 5.74) is 1.61. The summed E-state index contributed by atoms with van der Waals surface area (Å²) in [6.07, 6.45) is 0. The predicted octanol–water partition coefficient (Wildman–Crippen LogP) is 1.83. The van der Waals surface area contributed by atoms with Gasteiger partial charge in [0.1, 0.15) is 0 Å². The molecule has 1 aromatic heterocycles. The number of hydrogen-bond acceptors (Lipinski definition) is 5. The van der Waals surface area contributed by atoms with Crippen LogP contribution in [0.5, 0.6) is 11.5 Å². The van der Waals surface area contributed by atoms with Gasteiger partial charge in [0.25, 0.3) is 0 Å². The van der Waals surface area contributed by atoms with Gasteiger partial charge in [-0.05, 0) is 13.0 Å². The molecule has 0 aliphatic heterocycles. The van der Waals surface area contributed by atoms with Gasteiger partial charge < -0.3 is 20.1 Å². The third kappa shape index (κ3) is 3.59. The van der Waals surface area contributed by atoms with Crippen LogP contribution in [0.15, 0.2) is 28.4 Å². The van der Waals surface area contributed by atoms with Crippen molar-refractivity contribution in [3.63, 3.8) is 0 Å². The molecule has 0 bridgehead atoms. The van der Waals surface area contributed by atoms with Crippen LogP contribution < -0.4 is 14.9 Å². The fourth-order valence-electron chi connectivity index (χ4n) is 1.71. The minimum absolute atomic E-state index is 0.0574. The molecule has 2 aromatic rings. The second kappa shape index (κ2) is 6.40. The molecule has 0 saturated heterocycles. The summed E-state index contributed by atoms with van der Waals surface area (Å²) in [6, 6.07) is 5.41. The number of nitrogens with one attached hydrogen (secondary N) is 2. The summed E-state index contributed by atoms with van der Waals surface area (Å²) in [7, 11) is 0. The van der Waals surface area contributed by atoms with E-state index in [1.54, 1.807) is 11.4 Å². The number of rotatable bonds is 6. The van der Waals surface area contributed by atoms with Gasteiger partial charge in [0.05, 0.1) is 6.61 Å². The highest BCUT2D eigenvalue weighted by Crippen LogP contribution is 2.29. The molecule has 1 heterocycles. The Balaban J connectivity index is 1.95. The lowest BCUT2D eigenvalue weighted by molar-refractivity contribution is 0.316. The first-order valence-electron chi connectivity index (χ1n) is 6.01. The Kier molecular flexibility index (Phi) is 4.59. The third-order valence-electron chi connectivity index (χ3n) is 2.58. The molecule has 5 nitrogen and oxygen atoms in total. The van der Waals surface area contributed by atoms with Crippen LogP contribution in [0.1, 0.15) is 18.2 Å². The van der Waals surface area contributed by atoms with Crippen LogP contribution in [-0.2, 0) is 13.1 Å². The standard InChI is InChI=1S/C13H16N2O3S/c1-2-18-11-5-3-4-9(12(11)16)6-14-7-10-8-19-13(17)15-10/h3-5,8,14,16H,2,6-7H2,1H3,(H,15,17). The maximum atomic E-state index is 11.0. The number of aromatic amines is 1. The first kappa shape index (κ1) is 13.6. The Bertz CT molecular complexity index is 592. The highest BCUT2D eigenvalue weighted by Gasteiger charge is 2.07. The predicted molar refractivity (Wildman–Crippen MR) is 74.8 cm³/mol. The number of thiazole rings is 1. The molecule has 0 saturated carbocycles. The van der Waals surface area contributed by atoms with E-state index in [-0.39, 0.29) is 10.6 Å². The van der Waals surface area contributed by atoms with Crippen LogP contribution in [0.3, 0.4) is 0 Å². The van der Waals surface area contributed by atoms with Crippen molar-refractivity contribution in [2.24, 2.45) is 0 Å². The lowest BCUT2D eigenvalue weighted by Crippen LogP contribution is -2.14. The largest absolute Gasteiger partial charge is 0.504 e. The molecule has 0 amide bonds. The van der Waals surface area contributed by atoms with Gasteiger partial charge in [-0.3, -0.25) is 4.79 Å². The lowest BCUT2D eigenvalue weighted by atomic mass is 10.2. The van der Waals surface area contributed by atoms with Crippen LogP contribution in [-0.4, -0.2) is 16.7 Å². The molecule has 1 aromatic carbocycles. The molecule has 0 spiro atoms. The summed E-state index contributed by atoms with van der Waals surface area (Å²) in [4.78, 5) is 13.6. The minimum atomic E-state index is -0.0574. The molecule has 102 valence electrons. The van der Waals surface area contributed by atoms with Crippen molar-refractivity contribution in [3.05, 3.63) is 44.5 Å². The molecule has 0 atom stereocenters. The number of benzene rings is 1.